The lowest BCUT2D eigenvalue weighted by Gasteiger charge is -2.06. The van der Waals surface area contributed by atoms with Gasteiger partial charge in [-0.25, -0.2) is 0 Å². The number of rotatable bonds is 7. The molecule has 0 saturated heterocycles. The van der Waals surface area contributed by atoms with Crippen LogP contribution in [0, 0.1) is 17.8 Å². The molecule has 0 N–H and O–H groups in total. The maximum atomic E-state index is 2.39. The Morgan fingerprint density at radius 3 is 2.46 bits per heavy atom. The van der Waals surface area contributed by atoms with E-state index in [0.717, 1.165) is 17.8 Å². The third-order valence-corrected chi connectivity index (χ3v) is 3.70. The SMILES string of the molecule is CCCC1CC1CCCC(C)CC. The Kier molecular flexibility index (Phi) is 4.83. The van der Waals surface area contributed by atoms with Gasteiger partial charge in [-0.2, -0.15) is 0 Å². The van der Waals surface area contributed by atoms with Gasteiger partial charge in [0.05, 0.1) is 0 Å². The fourth-order valence-corrected chi connectivity index (χ4v) is 2.32. The van der Waals surface area contributed by atoms with Crippen LogP contribution in [0.2, 0.25) is 0 Å². The minimum Gasteiger partial charge on any atom is -0.0654 e. The predicted molar refractivity (Wildman–Crippen MR) is 59.8 cm³/mol. The van der Waals surface area contributed by atoms with Crippen LogP contribution in [0.1, 0.15) is 65.7 Å². The molecule has 0 radical (unpaired) electrons. The third kappa shape index (κ3) is 4.15. The summed E-state index contributed by atoms with van der Waals surface area (Å²) < 4.78 is 0. The lowest BCUT2D eigenvalue weighted by molar-refractivity contribution is 0.463. The first-order chi connectivity index (χ1) is 6.27. The molecule has 0 spiro atoms. The van der Waals surface area contributed by atoms with Gasteiger partial charge in [0.15, 0.2) is 0 Å². The fourth-order valence-electron chi connectivity index (χ4n) is 2.32. The maximum absolute atomic E-state index is 2.39. The molecule has 13 heavy (non-hydrogen) atoms. The molecular weight excluding hydrogens is 156 g/mol. The first-order valence-corrected chi connectivity index (χ1v) is 6.27. The smallest absolute Gasteiger partial charge is 0.0383 e. The van der Waals surface area contributed by atoms with Crippen LogP contribution in [0.15, 0.2) is 0 Å². The molecule has 1 aliphatic rings. The minimum atomic E-state index is 0.961. The van der Waals surface area contributed by atoms with E-state index >= 15 is 0 Å². The molecule has 1 aliphatic carbocycles. The van der Waals surface area contributed by atoms with Gasteiger partial charge < -0.3 is 0 Å². The van der Waals surface area contributed by atoms with Crippen molar-refractivity contribution in [3.8, 4) is 0 Å². The van der Waals surface area contributed by atoms with Gasteiger partial charge in [0.25, 0.3) is 0 Å². The Hall–Kier alpha value is 0. The van der Waals surface area contributed by atoms with Crippen molar-refractivity contribution >= 4 is 0 Å². The lowest BCUT2D eigenvalue weighted by atomic mass is 10.00. The van der Waals surface area contributed by atoms with E-state index in [9.17, 15) is 0 Å². The Morgan fingerprint density at radius 2 is 1.85 bits per heavy atom. The Bertz CT molecular complexity index is 128. The topological polar surface area (TPSA) is 0 Å². The van der Waals surface area contributed by atoms with Crippen molar-refractivity contribution in [2.75, 3.05) is 0 Å². The van der Waals surface area contributed by atoms with Crippen LogP contribution in [0.25, 0.3) is 0 Å². The molecule has 0 heteroatoms. The summed E-state index contributed by atoms with van der Waals surface area (Å²) in [5.74, 6) is 3.22. The molecule has 0 aromatic carbocycles. The van der Waals surface area contributed by atoms with Crippen molar-refractivity contribution < 1.29 is 0 Å². The molecular formula is C13H26. The highest BCUT2D eigenvalue weighted by Gasteiger charge is 2.34. The van der Waals surface area contributed by atoms with E-state index < -0.39 is 0 Å². The monoisotopic (exact) mass is 182 g/mol. The Balaban J connectivity index is 1.91. The van der Waals surface area contributed by atoms with Gasteiger partial charge in [-0.3, -0.25) is 0 Å². The average Bonchev–Trinajstić information content (AvgIpc) is 2.84. The van der Waals surface area contributed by atoms with Gasteiger partial charge in [-0.1, -0.05) is 59.3 Å². The highest BCUT2D eigenvalue weighted by Crippen LogP contribution is 2.45. The molecule has 3 unspecified atom stereocenters. The molecule has 0 amide bonds. The first-order valence-electron chi connectivity index (χ1n) is 6.27. The average molecular weight is 182 g/mol. The van der Waals surface area contributed by atoms with Gasteiger partial charge >= 0.3 is 0 Å². The van der Waals surface area contributed by atoms with Crippen LogP contribution < -0.4 is 0 Å². The van der Waals surface area contributed by atoms with Crippen LogP contribution in [-0.2, 0) is 0 Å². The zero-order valence-electron chi connectivity index (χ0n) is 9.68. The Morgan fingerprint density at radius 1 is 1.15 bits per heavy atom. The van der Waals surface area contributed by atoms with Crippen molar-refractivity contribution in [3.63, 3.8) is 0 Å². The summed E-state index contributed by atoms with van der Waals surface area (Å²) >= 11 is 0. The van der Waals surface area contributed by atoms with E-state index in [1.807, 2.05) is 0 Å². The first kappa shape index (κ1) is 11.1. The summed E-state index contributed by atoms with van der Waals surface area (Å²) in [6.07, 6.45) is 10.3. The van der Waals surface area contributed by atoms with Crippen molar-refractivity contribution in [1.82, 2.24) is 0 Å². The van der Waals surface area contributed by atoms with Gasteiger partial charge in [0, 0.05) is 0 Å². The second-order valence-corrected chi connectivity index (χ2v) is 4.99. The number of hydrogen-bond acceptors (Lipinski definition) is 0. The molecule has 0 bridgehead atoms. The van der Waals surface area contributed by atoms with Crippen LogP contribution >= 0.6 is 0 Å². The third-order valence-electron chi connectivity index (χ3n) is 3.70. The molecule has 0 aliphatic heterocycles. The van der Waals surface area contributed by atoms with Crippen LogP contribution in [-0.4, -0.2) is 0 Å². The van der Waals surface area contributed by atoms with Crippen LogP contribution in [0.4, 0.5) is 0 Å². The molecule has 0 nitrogen and oxygen atoms in total. The highest BCUT2D eigenvalue weighted by molar-refractivity contribution is 4.85. The Labute approximate surface area is 84.1 Å². The minimum absolute atomic E-state index is 0.961. The summed E-state index contributed by atoms with van der Waals surface area (Å²) in [6.45, 7) is 7.01. The normalized spacial score (nSPS) is 28.8. The van der Waals surface area contributed by atoms with E-state index in [1.165, 1.54) is 38.5 Å². The number of hydrogen-bond donors (Lipinski definition) is 0. The molecule has 1 fully saturated rings. The zero-order valence-corrected chi connectivity index (χ0v) is 9.68. The van der Waals surface area contributed by atoms with Gasteiger partial charge in [-0.05, 0) is 24.2 Å². The van der Waals surface area contributed by atoms with E-state index in [1.54, 1.807) is 6.42 Å². The van der Waals surface area contributed by atoms with E-state index in [0.29, 0.717) is 0 Å². The van der Waals surface area contributed by atoms with E-state index in [-0.39, 0.29) is 0 Å². The predicted octanol–water partition coefficient (Wildman–Crippen LogP) is 4.64. The summed E-state index contributed by atoms with van der Waals surface area (Å²) in [4.78, 5) is 0. The standard InChI is InChI=1S/C13H26/c1-4-7-12-10-13(12)9-6-8-11(3)5-2/h11-13H,4-10H2,1-3H3. The largest absolute Gasteiger partial charge is 0.0654 e. The van der Waals surface area contributed by atoms with Crippen molar-refractivity contribution in [2.45, 2.75) is 65.7 Å². The van der Waals surface area contributed by atoms with Crippen molar-refractivity contribution in [2.24, 2.45) is 17.8 Å². The van der Waals surface area contributed by atoms with Crippen LogP contribution in [0.3, 0.4) is 0 Å². The van der Waals surface area contributed by atoms with E-state index in [4.69, 9.17) is 0 Å². The molecule has 0 aromatic rings. The quantitative estimate of drug-likeness (QED) is 0.538. The molecule has 0 heterocycles. The van der Waals surface area contributed by atoms with Gasteiger partial charge in [0.2, 0.25) is 0 Å². The summed E-state index contributed by atoms with van der Waals surface area (Å²) in [5.41, 5.74) is 0. The molecule has 1 rings (SSSR count). The summed E-state index contributed by atoms with van der Waals surface area (Å²) in [6, 6.07) is 0. The molecule has 1 saturated carbocycles. The molecule has 0 aromatic heterocycles. The van der Waals surface area contributed by atoms with Gasteiger partial charge in [0.1, 0.15) is 0 Å². The van der Waals surface area contributed by atoms with Crippen LogP contribution in [0.5, 0.6) is 0 Å². The summed E-state index contributed by atoms with van der Waals surface area (Å²) in [7, 11) is 0. The van der Waals surface area contributed by atoms with E-state index in [2.05, 4.69) is 20.8 Å². The molecule has 3 atom stereocenters. The second-order valence-electron chi connectivity index (χ2n) is 4.99. The van der Waals surface area contributed by atoms with Gasteiger partial charge in [-0.15, -0.1) is 0 Å². The summed E-state index contributed by atoms with van der Waals surface area (Å²) in [5, 5.41) is 0. The highest BCUT2D eigenvalue weighted by atomic mass is 14.4. The maximum Gasteiger partial charge on any atom is -0.0383 e. The van der Waals surface area contributed by atoms with Crippen molar-refractivity contribution in [1.29, 1.82) is 0 Å². The zero-order chi connectivity index (χ0) is 9.68. The fraction of sp³-hybridized carbons (Fsp3) is 1.00. The van der Waals surface area contributed by atoms with Crippen molar-refractivity contribution in [3.05, 3.63) is 0 Å². The second kappa shape index (κ2) is 5.67. The molecule has 78 valence electrons. The lowest BCUT2D eigenvalue weighted by Crippen LogP contribution is -1.92.